The summed E-state index contributed by atoms with van der Waals surface area (Å²) in [4.78, 5) is 11.6. The van der Waals surface area contributed by atoms with Gasteiger partial charge in [0.1, 0.15) is 0 Å². The monoisotopic (exact) mass is 357 g/mol. The van der Waals surface area contributed by atoms with Gasteiger partial charge < -0.3 is 5.32 Å². The van der Waals surface area contributed by atoms with E-state index in [2.05, 4.69) is 5.32 Å². The average Bonchev–Trinajstić information content (AvgIpc) is 2.32. The van der Waals surface area contributed by atoms with Crippen LogP contribution in [0.1, 0.15) is 16.8 Å². The highest BCUT2D eigenvalue weighted by atomic mass is 35.7. The lowest BCUT2D eigenvalue weighted by Crippen LogP contribution is -2.25. The molecule has 0 saturated carbocycles. The van der Waals surface area contributed by atoms with Crippen molar-refractivity contribution >= 4 is 48.0 Å². The first kappa shape index (κ1) is 17.4. The second-order valence-corrected chi connectivity index (χ2v) is 8.56. The molecule has 1 aromatic carbocycles. The number of halogens is 2. The van der Waals surface area contributed by atoms with E-state index in [1.807, 2.05) is 0 Å². The number of hydrogen-bond acceptors (Lipinski definition) is 4. The summed E-state index contributed by atoms with van der Waals surface area (Å²) in [6.45, 7) is 0.341. The molecule has 5 nitrogen and oxygen atoms in total. The van der Waals surface area contributed by atoms with Crippen molar-refractivity contribution in [2.45, 2.75) is 11.3 Å². The van der Waals surface area contributed by atoms with E-state index in [-0.39, 0.29) is 15.5 Å². The van der Waals surface area contributed by atoms with Gasteiger partial charge in [0.25, 0.3) is 15.0 Å². The number of amides is 1. The molecule has 1 unspecified atom stereocenters. The smallest absolute Gasteiger partial charge is 0.261 e. The second kappa shape index (κ2) is 7.40. The van der Waals surface area contributed by atoms with Crippen LogP contribution in [0.4, 0.5) is 0 Å². The van der Waals surface area contributed by atoms with Crippen LogP contribution in [0, 0.1) is 0 Å². The molecular formula is C11H13Cl2NO4S2. The van der Waals surface area contributed by atoms with Gasteiger partial charge in [-0.2, -0.15) is 0 Å². The molecule has 112 valence electrons. The van der Waals surface area contributed by atoms with Crippen LogP contribution in [0.25, 0.3) is 0 Å². The van der Waals surface area contributed by atoms with Crippen molar-refractivity contribution in [2.24, 2.45) is 0 Å². The molecule has 0 bridgehead atoms. The van der Waals surface area contributed by atoms with Crippen molar-refractivity contribution in [1.82, 2.24) is 5.32 Å². The molecule has 0 aliphatic rings. The topological polar surface area (TPSA) is 80.3 Å². The molecule has 0 aromatic heterocycles. The van der Waals surface area contributed by atoms with E-state index >= 15 is 0 Å². The number of nitrogens with one attached hydrogen (secondary N) is 1. The summed E-state index contributed by atoms with van der Waals surface area (Å²) in [5.74, 6) is 0.0212. The first-order valence-corrected chi connectivity index (χ1v) is 9.95. The van der Waals surface area contributed by atoms with E-state index in [0.29, 0.717) is 18.7 Å². The van der Waals surface area contributed by atoms with Crippen molar-refractivity contribution in [3.05, 3.63) is 28.8 Å². The maximum atomic E-state index is 11.8. The molecule has 1 aromatic rings. The Kier molecular flexibility index (Phi) is 6.44. The third-order valence-corrected chi connectivity index (χ3v) is 4.72. The zero-order valence-corrected chi connectivity index (χ0v) is 13.7. The van der Waals surface area contributed by atoms with Crippen molar-refractivity contribution in [3.8, 4) is 0 Å². The van der Waals surface area contributed by atoms with E-state index < -0.39 is 25.8 Å². The summed E-state index contributed by atoms with van der Waals surface area (Å²) in [6, 6.07) is 3.67. The fourth-order valence-electron chi connectivity index (χ4n) is 1.41. The Morgan fingerprint density at radius 3 is 2.55 bits per heavy atom. The molecule has 0 aliphatic carbocycles. The third kappa shape index (κ3) is 5.78. The molecule has 1 amide bonds. The van der Waals surface area contributed by atoms with Crippen LogP contribution in [-0.2, 0) is 19.9 Å². The van der Waals surface area contributed by atoms with Gasteiger partial charge in [0.2, 0.25) is 0 Å². The predicted molar refractivity (Wildman–Crippen MR) is 80.4 cm³/mol. The first-order chi connectivity index (χ1) is 9.20. The fraction of sp³-hybridized carbons (Fsp3) is 0.364. The molecule has 0 fully saturated rings. The Hall–Kier alpha value is -0.630. The highest BCUT2D eigenvalue weighted by Gasteiger charge is 2.15. The SMILES string of the molecule is CS(=O)CCCNC(=O)c1cc(Cl)cc(S(=O)(=O)Cl)c1. The van der Waals surface area contributed by atoms with E-state index in [9.17, 15) is 17.4 Å². The van der Waals surface area contributed by atoms with Crippen molar-refractivity contribution in [1.29, 1.82) is 0 Å². The highest BCUT2D eigenvalue weighted by Crippen LogP contribution is 2.21. The van der Waals surface area contributed by atoms with Gasteiger partial charge in [-0.1, -0.05) is 11.6 Å². The molecule has 0 heterocycles. The minimum atomic E-state index is -3.95. The maximum Gasteiger partial charge on any atom is 0.261 e. The Labute approximate surface area is 129 Å². The van der Waals surface area contributed by atoms with Gasteiger partial charge in [-0.25, -0.2) is 8.42 Å². The lowest BCUT2D eigenvalue weighted by Gasteiger charge is -2.06. The normalized spacial score (nSPS) is 12.9. The number of carbonyl (C=O) groups is 1. The number of rotatable bonds is 6. The predicted octanol–water partition coefficient (Wildman–Crippen LogP) is 1.77. The summed E-state index contributed by atoms with van der Waals surface area (Å²) in [5, 5.41) is 2.69. The lowest BCUT2D eigenvalue weighted by atomic mass is 10.2. The minimum Gasteiger partial charge on any atom is -0.352 e. The first-order valence-electron chi connectivity index (χ1n) is 5.53. The third-order valence-electron chi connectivity index (χ3n) is 2.31. The van der Waals surface area contributed by atoms with Gasteiger partial charge in [0.15, 0.2) is 0 Å². The van der Waals surface area contributed by atoms with Crippen LogP contribution < -0.4 is 5.32 Å². The van der Waals surface area contributed by atoms with E-state index in [0.717, 1.165) is 6.07 Å². The van der Waals surface area contributed by atoms with Crippen LogP contribution in [0.15, 0.2) is 23.1 Å². The van der Waals surface area contributed by atoms with Crippen LogP contribution in [-0.4, -0.2) is 37.1 Å². The van der Waals surface area contributed by atoms with E-state index in [1.54, 1.807) is 6.26 Å². The van der Waals surface area contributed by atoms with Crippen molar-refractivity contribution in [2.75, 3.05) is 18.6 Å². The van der Waals surface area contributed by atoms with Crippen LogP contribution in [0.5, 0.6) is 0 Å². The molecule has 1 rings (SSSR count). The van der Waals surface area contributed by atoms with Gasteiger partial charge in [-0.05, 0) is 24.6 Å². The molecule has 1 N–H and O–H groups in total. The molecule has 0 radical (unpaired) electrons. The zero-order chi connectivity index (χ0) is 15.3. The molecule has 20 heavy (non-hydrogen) atoms. The second-order valence-electron chi connectivity index (χ2n) is 4.00. The van der Waals surface area contributed by atoms with Gasteiger partial charge in [0.05, 0.1) is 4.90 Å². The fourth-order valence-corrected chi connectivity index (χ4v) is 3.07. The van der Waals surface area contributed by atoms with Crippen molar-refractivity contribution in [3.63, 3.8) is 0 Å². The van der Waals surface area contributed by atoms with Gasteiger partial charge in [-0.3, -0.25) is 9.00 Å². The largest absolute Gasteiger partial charge is 0.352 e. The Morgan fingerprint density at radius 2 is 2.00 bits per heavy atom. The molecule has 0 saturated heterocycles. The van der Waals surface area contributed by atoms with Crippen LogP contribution in [0.3, 0.4) is 0 Å². The molecular weight excluding hydrogens is 345 g/mol. The minimum absolute atomic E-state index is 0.103. The molecule has 9 heteroatoms. The van der Waals surface area contributed by atoms with E-state index in [1.165, 1.54) is 12.1 Å². The van der Waals surface area contributed by atoms with E-state index in [4.69, 9.17) is 22.3 Å². The standard InChI is InChI=1S/C11H13Cl2NO4S2/c1-19(16)4-2-3-14-11(15)8-5-9(12)7-10(6-8)20(13,17)18/h5-7H,2-4H2,1H3,(H,14,15). The van der Waals surface area contributed by atoms with Crippen molar-refractivity contribution < 1.29 is 17.4 Å². The summed E-state index contributed by atoms with van der Waals surface area (Å²) >= 11 is 5.76. The Balaban J connectivity index is 2.78. The number of hydrogen-bond donors (Lipinski definition) is 1. The van der Waals surface area contributed by atoms with Crippen LogP contribution >= 0.6 is 22.3 Å². The molecule has 0 aliphatic heterocycles. The number of benzene rings is 1. The molecule has 1 atom stereocenters. The zero-order valence-electron chi connectivity index (χ0n) is 10.6. The Morgan fingerprint density at radius 1 is 1.35 bits per heavy atom. The Bertz CT molecular complexity index is 631. The quantitative estimate of drug-likeness (QED) is 0.621. The summed E-state index contributed by atoms with van der Waals surface area (Å²) < 4.78 is 33.3. The molecule has 0 spiro atoms. The lowest BCUT2D eigenvalue weighted by molar-refractivity contribution is 0.0953. The highest BCUT2D eigenvalue weighted by molar-refractivity contribution is 8.13. The van der Waals surface area contributed by atoms with Gasteiger partial charge in [-0.15, -0.1) is 0 Å². The van der Waals surface area contributed by atoms with Gasteiger partial charge >= 0.3 is 0 Å². The maximum absolute atomic E-state index is 11.8. The average molecular weight is 358 g/mol. The summed E-state index contributed by atoms with van der Waals surface area (Å²) in [7, 11) is 0.354. The summed E-state index contributed by atoms with van der Waals surface area (Å²) in [5.41, 5.74) is 0.106. The summed E-state index contributed by atoms with van der Waals surface area (Å²) in [6.07, 6.45) is 2.15. The van der Waals surface area contributed by atoms with Crippen LogP contribution in [0.2, 0.25) is 5.02 Å². The number of carbonyl (C=O) groups excluding carboxylic acids is 1. The van der Waals surface area contributed by atoms with Gasteiger partial charge in [0, 0.05) is 50.6 Å².